The normalized spacial score (nSPS) is 14.3. The molecule has 3 nitrogen and oxygen atoms in total. The summed E-state index contributed by atoms with van der Waals surface area (Å²) in [5.41, 5.74) is 1.27. The molecule has 0 atom stereocenters. The lowest BCUT2D eigenvalue weighted by molar-refractivity contribution is -0.118. The fraction of sp³-hybridized carbons (Fsp3) is 0.300. The van der Waals surface area contributed by atoms with Crippen molar-refractivity contribution in [2.24, 2.45) is 0 Å². The smallest absolute Gasteiger partial charge is 0.262 e. The summed E-state index contributed by atoms with van der Waals surface area (Å²) >= 11 is 0. The number of ether oxygens (including phenoxy) is 1. The van der Waals surface area contributed by atoms with Crippen molar-refractivity contribution in [2.75, 3.05) is 11.9 Å². The fourth-order valence-electron chi connectivity index (χ4n) is 1.42. The van der Waals surface area contributed by atoms with Crippen molar-refractivity contribution < 1.29 is 13.9 Å². The Morgan fingerprint density at radius 3 is 3.07 bits per heavy atom. The Labute approximate surface area is 80.9 Å². The highest BCUT2D eigenvalue weighted by Gasteiger charge is 2.19. The molecule has 0 saturated carbocycles. The highest BCUT2D eigenvalue weighted by atomic mass is 19.1. The van der Waals surface area contributed by atoms with Crippen LogP contribution in [-0.2, 0) is 11.2 Å². The maximum Gasteiger partial charge on any atom is 0.262 e. The number of halogens is 1. The van der Waals surface area contributed by atoms with Crippen molar-refractivity contribution in [1.29, 1.82) is 0 Å². The SMILES string of the molecule is CCc1cc(F)c2c(c1)NC(=O)CO2. The van der Waals surface area contributed by atoms with Gasteiger partial charge in [0, 0.05) is 0 Å². The van der Waals surface area contributed by atoms with E-state index in [-0.39, 0.29) is 18.3 Å². The molecule has 0 saturated heterocycles. The van der Waals surface area contributed by atoms with Gasteiger partial charge in [0.15, 0.2) is 18.2 Å². The molecular weight excluding hydrogens is 185 g/mol. The zero-order chi connectivity index (χ0) is 10.1. The standard InChI is InChI=1S/C10H10FNO2/c1-2-6-3-7(11)10-8(4-6)12-9(13)5-14-10/h3-4H,2,5H2,1H3,(H,12,13). The van der Waals surface area contributed by atoms with Crippen LogP contribution in [0.4, 0.5) is 10.1 Å². The van der Waals surface area contributed by atoms with Crippen LogP contribution in [0.25, 0.3) is 0 Å². The summed E-state index contributed by atoms with van der Waals surface area (Å²) in [5, 5.41) is 2.57. The van der Waals surface area contributed by atoms with Gasteiger partial charge in [0.05, 0.1) is 5.69 Å². The number of rotatable bonds is 1. The van der Waals surface area contributed by atoms with E-state index in [0.717, 1.165) is 12.0 Å². The summed E-state index contributed by atoms with van der Waals surface area (Å²) in [6.45, 7) is 1.81. The van der Waals surface area contributed by atoms with Gasteiger partial charge in [0.25, 0.3) is 5.91 Å². The van der Waals surface area contributed by atoms with E-state index in [9.17, 15) is 9.18 Å². The molecule has 0 bridgehead atoms. The maximum atomic E-state index is 13.4. The second kappa shape index (κ2) is 3.29. The second-order valence-electron chi connectivity index (χ2n) is 3.14. The van der Waals surface area contributed by atoms with Gasteiger partial charge >= 0.3 is 0 Å². The van der Waals surface area contributed by atoms with Crippen molar-refractivity contribution in [2.45, 2.75) is 13.3 Å². The molecule has 1 heterocycles. The first kappa shape index (κ1) is 8.99. The van der Waals surface area contributed by atoms with E-state index < -0.39 is 5.82 Å². The summed E-state index contributed by atoms with van der Waals surface area (Å²) in [5.74, 6) is -0.522. The predicted octanol–water partition coefficient (Wildman–Crippen LogP) is 1.72. The number of hydrogen-bond acceptors (Lipinski definition) is 2. The van der Waals surface area contributed by atoms with Crippen molar-refractivity contribution in [3.8, 4) is 5.75 Å². The highest BCUT2D eigenvalue weighted by molar-refractivity contribution is 5.95. The van der Waals surface area contributed by atoms with Gasteiger partial charge < -0.3 is 10.1 Å². The lowest BCUT2D eigenvalue weighted by Crippen LogP contribution is -2.26. The van der Waals surface area contributed by atoms with Crippen LogP contribution < -0.4 is 10.1 Å². The largest absolute Gasteiger partial charge is 0.478 e. The van der Waals surface area contributed by atoms with Crippen LogP contribution in [0.5, 0.6) is 5.75 Å². The summed E-state index contributed by atoms with van der Waals surface area (Å²) < 4.78 is 18.3. The zero-order valence-electron chi connectivity index (χ0n) is 7.76. The third kappa shape index (κ3) is 1.43. The number of fused-ring (bicyclic) bond motifs is 1. The third-order valence-electron chi connectivity index (χ3n) is 2.13. The molecule has 0 aromatic heterocycles. The Morgan fingerprint density at radius 1 is 1.57 bits per heavy atom. The molecule has 0 spiro atoms. The number of hydrogen-bond donors (Lipinski definition) is 1. The minimum absolute atomic E-state index is 0.116. The van der Waals surface area contributed by atoms with E-state index >= 15 is 0 Å². The summed E-state index contributed by atoms with van der Waals surface area (Å²) in [6.07, 6.45) is 0.722. The number of anilines is 1. The Bertz CT molecular complexity index is 390. The fourth-order valence-corrected chi connectivity index (χ4v) is 1.42. The molecule has 1 aromatic carbocycles. The molecule has 14 heavy (non-hydrogen) atoms. The minimum atomic E-state index is -0.417. The molecule has 1 N–H and O–H groups in total. The van der Waals surface area contributed by atoms with Gasteiger partial charge in [-0.3, -0.25) is 4.79 Å². The Balaban J connectivity index is 2.48. The number of carbonyl (C=O) groups excluding carboxylic acids is 1. The monoisotopic (exact) mass is 195 g/mol. The molecule has 1 aliphatic heterocycles. The molecule has 2 rings (SSSR count). The summed E-state index contributed by atoms with van der Waals surface area (Å²) in [4.78, 5) is 11.0. The van der Waals surface area contributed by atoms with Crippen molar-refractivity contribution in [3.63, 3.8) is 0 Å². The molecular formula is C10H10FNO2. The Hall–Kier alpha value is -1.58. The quantitative estimate of drug-likeness (QED) is 0.740. The van der Waals surface area contributed by atoms with E-state index in [1.165, 1.54) is 6.07 Å². The number of benzene rings is 1. The van der Waals surface area contributed by atoms with Crippen molar-refractivity contribution in [1.82, 2.24) is 0 Å². The van der Waals surface area contributed by atoms with E-state index in [1.54, 1.807) is 6.07 Å². The maximum absolute atomic E-state index is 13.4. The molecule has 0 fully saturated rings. The van der Waals surface area contributed by atoms with Gasteiger partial charge in [-0.25, -0.2) is 4.39 Å². The molecule has 0 unspecified atom stereocenters. The lowest BCUT2D eigenvalue weighted by atomic mass is 10.1. The van der Waals surface area contributed by atoms with Crippen LogP contribution in [0, 0.1) is 5.82 Å². The van der Waals surface area contributed by atoms with Gasteiger partial charge in [0.2, 0.25) is 0 Å². The van der Waals surface area contributed by atoms with Gasteiger partial charge in [0.1, 0.15) is 0 Å². The number of aryl methyl sites for hydroxylation is 1. The number of nitrogens with one attached hydrogen (secondary N) is 1. The molecule has 1 aliphatic rings. The third-order valence-corrected chi connectivity index (χ3v) is 2.13. The zero-order valence-corrected chi connectivity index (χ0v) is 7.76. The van der Waals surface area contributed by atoms with Crippen molar-refractivity contribution in [3.05, 3.63) is 23.5 Å². The van der Waals surface area contributed by atoms with Crippen LogP contribution in [-0.4, -0.2) is 12.5 Å². The first-order valence-electron chi connectivity index (χ1n) is 4.45. The minimum Gasteiger partial charge on any atom is -0.478 e. The second-order valence-corrected chi connectivity index (χ2v) is 3.14. The van der Waals surface area contributed by atoms with Crippen LogP contribution in [0.2, 0.25) is 0 Å². The first-order valence-corrected chi connectivity index (χ1v) is 4.45. The van der Waals surface area contributed by atoms with Gasteiger partial charge in [-0.15, -0.1) is 0 Å². The van der Waals surface area contributed by atoms with E-state index in [2.05, 4.69) is 5.32 Å². The van der Waals surface area contributed by atoms with Gasteiger partial charge in [-0.05, 0) is 24.1 Å². The van der Waals surface area contributed by atoms with Crippen LogP contribution in [0.15, 0.2) is 12.1 Å². The molecule has 74 valence electrons. The Morgan fingerprint density at radius 2 is 2.36 bits per heavy atom. The first-order chi connectivity index (χ1) is 6.70. The molecule has 0 radical (unpaired) electrons. The average molecular weight is 195 g/mol. The molecule has 4 heteroatoms. The van der Waals surface area contributed by atoms with Gasteiger partial charge in [-0.1, -0.05) is 6.92 Å². The molecule has 1 aromatic rings. The van der Waals surface area contributed by atoms with Crippen molar-refractivity contribution >= 4 is 11.6 Å². The predicted molar refractivity (Wildman–Crippen MR) is 49.9 cm³/mol. The number of carbonyl (C=O) groups is 1. The lowest BCUT2D eigenvalue weighted by Gasteiger charge is -2.18. The van der Waals surface area contributed by atoms with Crippen LogP contribution in [0.1, 0.15) is 12.5 Å². The van der Waals surface area contributed by atoms with Crippen LogP contribution in [0.3, 0.4) is 0 Å². The van der Waals surface area contributed by atoms with E-state index in [0.29, 0.717) is 5.69 Å². The van der Waals surface area contributed by atoms with E-state index in [4.69, 9.17) is 4.74 Å². The van der Waals surface area contributed by atoms with E-state index in [1.807, 2.05) is 6.92 Å². The molecule has 0 aliphatic carbocycles. The average Bonchev–Trinajstić information content (AvgIpc) is 2.16. The number of amides is 1. The topological polar surface area (TPSA) is 38.3 Å². The Kier molecular flexibility index (Phi) is 2.11. The summed E-state index contributed by atoms with van der Waals surface area (Å²) in [7, 11) is 0. The van der Waals surface area contributed by atoms with Crippen LogP contribution >= 0.6 is 0 Å². The summed E-state index contributed by atoms with van der Waals surface area (Å²) in [6, 6.07) is 3.16. The van der Waals surface area contributed by atoms with Gasteiger partial charge in [-0.2, -0.15) is 0 Å². The highest BCUT2D eigenvalue weighted by Crippen LogP contribution is 2.31. The molecule has 1 amide bonds.